The highest BCUT2D eigenvalue weighted by Gasteiger charge is 2.13. The molecule has 0 fully saturated rings. The monoisotopic (exact) mass is 281 g/mol. The van der Waals surface area contributed by atoms with Gasteiger partial charge in [-0.15, -0.1) is 23.1 Å². The number of nitrogens with zero attached hydrogens (tertiary/aromatic N) is 1. The van der Waals surface area contributed by atoms with Gasteiger partial charge in [0.25, 0.3) is 0 Å². The molecule has 0 atom stereocenters. The Balaban J connectivity index is 2.38. The van der Waals surface area contributed by atoms with Gasteiger partial charge < -0.3 is 0 Å². The molecule has 0 amide bonds. The van der Waals surface area contributed by atoms with Crippen LogP contribution < -0.4 is 0 Å². The summed E-state index contributed by atoms with van der Waals surface area (Å²) in [6.07, 6.45) is 2.02. The number of fused-ring (bicyclic) bond motifs is 1. The average molecular weight is 281 g/mol. The third-order valence-electron chi connectivity index (χ3n) is 3.12. The molecule has 92 valence electrons. The SMILES string of the molecule is CSc1cc(-c2ccccc2)c2sccc2c1C#N. The fourth-order valence-electron chi connectivity index (χ4n) is 2.22. The number of thiophene rings is 1. The van der Waals surface area contributed by atoms with E-state index in [1.54, 1.807) is 23.1 Å². The van der Waals surface area contributed by atoms with Gasteiger partial charge in [-0.25, -0.2) is 0 Å². The van der Waals surface area contributed by atoms with Crippen molar-refractivity contribution in [1.29, 1.82) is 5.26 Å². The van der Waals surface area contributed by atoms with Crippen LogP contribution in [-0.2, 0) is 0 Å². The van der Waals surface area contributed by atoms with E-state index in [9.17, 15) is 5.26 Å². The molecule has 0 aliphatic rings. The first-order valence-corrected chi connectivity index (χ1v) is 7.99. The zero-order valence-corrected chi connectivity index (χ0v) is 12.0. The summed E-state index contributed by atoms with van der Waals surface area (Å²) in [6.45, 7) is 0. The van der Waals surface area contributed by atoms with Crippen LogP contribution >= 0.6 is 23.1 Å². The van der Waals surface area contributed by atoms with Crippen LogP contribution in [0.15, 0.2) is 52.7 Å². The average Bonchev–Trinajstić information content (AvgIpc) is 2.95. The molecule has 3 heteroatoms. The van der Waals surface area contributed by atoms with E-state index in [4.69, 9.17) is 0 Å². The van der Waals surface area contributed by atoms with Crippen LogP contribution in [0.5, 0.6) is 0 Å². The first-order valence-electron chi connectivity index (χ1n) is 5.89. The normalized spacial score (nSPS) is 10.5. The van der Waals surface area contributed by atoms with E-state index >= 15 is 0 Å². The van der Waals surface area contributed by atoms with Crippen molar-refractivity contribution in [2.75, 3.05) is 6.26 Å². The molecule has 19 heavy (non-hydrogen) atoms. The number of hydrogen-bond donors (Lipinski definition) is 0. The quantitative estimate of drug-likeness (QED) is 0.606. The van der Waals surface area contributed by atoms with E-state index in [2.05, 4.69) is 29.6 Å². The highest BCUT2D eigenvalue weighted by atomic mass is 32.2. The standard InChI is InChI=1S/C16H11NS2/c1-18-15-9-13(11-5-3-2-4-6-11)16-12(7-8-19-16)14(15)10-17/h2-9H,1H3. The van der Waals surface area contributed by atoms with E-state index in [0.717, 1.165) is 15.8 Å². The van der Waals surface area contributed by atoms with Gasteiger partial charge in [0.1, 0.15) is 6.07 Å². The second-order valence-corrected chi connectivity index (χ2v) is 5.91. The number of rotatable bonds is 2. The molecular weight excluding hydrogens is 270 g/mol. The number of benzene rings is 2. The Bertz CT molecular complexity index is 767. The summed E-state index contributed by atoms with van der Waals surface area (Å²) in [5, 5.41) is 12.5. The van der Waals surface area contributed by atoms with Crippen molar-refractivity contribution < 1.29 is 0 Å². The van der Waals surface area contributed by atoms with Crippen molar-refractivity contribution in [2.24, 2.45) is 0 Å². The summed E-state index contributed by atoms with van der Waals surface area (Å²) >= 11 is 3.33. The molecule has 1 heterocycles. The smallest absolute Gasteiger partial charge is 0.101 e. The van der Waals surface area contributed by atoms with Gasteiger partial charge in [0.05, 0.1) is 5.56 Å². The lowest BCUT2D eigenvalue weighted by Crippen LogP contribution is -1.86. The Morgan fingerprint density at radius 2 is 1.95 bits per heavy atom. The first-order chi connectivity index (χ1) is 9.35. The molecule has 3 rings (SSSR count). The summed E-state index contributed by atoms with van der Waals surface area (Å²) in [5.41, 5.74) is 3.21. The van der Waals surface area contributed by atoms with Gasteiger partial charge in [-0.05, 0) is 29.3 Å². The van der Waals surface area contributed by atoms with Crippen molar-refractivity contribution in [3.05, 3.63) is 53.4 Å². The molecule has 0 N–H and O–H groups in total. The largest absolute Gasteiger partial charge is 0.192 e. The van der Waals surface area contributed by atoms with Gasteiger partial charge in [0.15, 0.2) is 0 Å². The molecular formula is C16H11NS2. The maximum absolute atomic E-state index is 9.37. The minimum atomic E-state index is 0.795. The second-order valence-electron chi connectivity index (χ2n) is 4.14. The molecule has 0 bridgehead atoms. The van der Waals surface area contributed by atoms with Crippen LogP contribution in [0.2, 0.25) is 0 Å². The van der Waals surface area contributed by atoms with Crippen LogP contribution in [0, 0.1) is 11.3 Å². The van der Waals surface area contributed by atoms with E-state index in [1.807, 2.05) is 30.5 Å². The maximum atomic E-state index is 9.37. The Kier molecular flexibility index (Phi) is 3.29. The molecule has 2 aromatic carbocycles. The van der Waals surface area contributed by atoms with E-state index in [-0.39, 0.29) is 0 Å². The van der Waals surface area contributed by atoms with Crippen LogP contribution in [-0.4, -0.2) is 6.26 Å². The predicted molar refractivity (Wildman–Crippen MR) is 83.8 cm³/mol. The van der Waals surface area contributed by atoms with Gasteiger partial charge in [0, 0.05) is 20.5 Å². The summed E-state index contributed by atoms with van der Waals surface area (Å²) in [4.78, 5) is 1.05. The van der Waals surface area contributed by atoms with Gasteiger partial charge in [-0.1, -0.05) is 30.3 Å². The van der Waals surface area contributed by atoms with Crippen molar-refractivity contribution in [1.82, 2.24) is 0 Å². The molecule has 0 saturated heterocycles. The van der Waals surface area contributed by atoms with Crippen LogP contribution in [0.25, 0.3) is 21.2 Å². The summed E-state index contributed by atoms with van der Waals surface area (Å²) in [5.74, 6) is 0. The van der Waals surface area contributed by atoms with Crippen LogP contribution in [0.4, 0.5) is 0 Å². The molecule has 0 radical (unpaired) electrons. The van der Waals surface area contributed by atoms with E-state index in [1.165, 1.54) is 15.8 Å². The van der Waals surface area contributed by atoms with Crippen molar-refractivity contribution >= 4 is 33.2 Å². The Hall–Kier alpha value is -1.76. The number of hydrogen-bond acceptors (Lipinski definition) is 3. The van der Waals surface area contributed by atoms with Gasteiger partial charge in [-0.3, -0.25) is 0 Å². The second kappa shape index (κ2) is 5.08. The van der Waals surface area contributed by atoms with Crippen molar-refractivity contribution in [3.8, 4) is 17.2 Å². The minimum absolute atomic E-state index is 0.795. The number of thioether (sulfide) groups is 1. The summed E-state index contributed by atoms with van der Waals surface area (Å²) in [6, 6.07) is 16.9. The number of nitriles is 1. The van der Waals surface area contributed by atoms with E-state index < -0.39 is 0 Å². The van der Waals surface area contributed by atoms with Gasteiger partial charge >= 0.3 is 0 Å². The molecule has 0 aliphatic heterocycles. The zero-order valence-electron chi connectivity index (χ0n) is 10.4. The molecule has 1 nitrogen and oxygen atoms in total. The van der Waals surface area contributed by atoms with E-state index in [0.29, 0.717) is 0 Å². The predicted octanol–water partition coefficient (Wildman–Crippen LogP) is 5.16. The van der Waals surface area contributed by atoms with Gasteiger partial charge in [-0.2, -0.15) is 5.26 Å². The van der Waals surface area contributed by atoms with Crippen molar-refractivity contribution in [2.45, 2.75) is 4.90 Å². The third kappa shape index (κ3) is 2.03. The molecule has 0 unspecified atom stereocenters. The lowest BCUT2D eigenvalue weighted by Gasteiger charge is -2.08. The Morgan fingerprint density at radius 3 is 2.63 bits per heavy atom. The summed E-state index contributed by atoms with van der Waals surface area (Å²) in [7, 11) is 0. The van der Waals surface area contributed by atoms with Crippen molar-refractivity contribution in [3.63, 3.8) is 0 Å². The minimum Gasteiger partial charge on any atom is -0.192 e. The first kappa shape index (κ1) is 12.3. The van der Waals surface area contributed by atoms with Gasteiger partial charge in [0.2, 0.25) is 0 Å². The topological polar surface area (TPSA) is 23.8 Å². The lowest BCUT2D eigenvalue weighted by atomic mass is 10.0. The fraction of sp³-hybridized carbons (Fsp3) is 0.0625. The molecule has 0 saturated carbocycles. The van der Waals surface area contributed by atoms with Crippen LogP contribution in [0.3, 0.4) is 0 Å². The Morgan fingerprint density at radius 1 is 1.16 bits per heavy atom. The molecule has 3 aromatic rings. The van der Waals surface area contributed by atoms with Crippen LogP contribution in [0.1, 0.15) is 5.56 Å². The highest BCUT2D eigenvalue weighted by molar-refractivity contribution is 7.98. The zero-order chi connectivity index (χ0) is 13.2. The lowest BCUT2D eigenvalue weighted by molar-refractivity contribution is 1.41. The Labute approximate surface area is 120 Å². The third-order valence-corrected chi connectivity index (χ3v) is 4.83. The molecule has 0 aliphatic carbocycles. The maximum Gasteiger partial charge on any atom is 0.101 e. The molecule has 1 aromatic heterocycles. The highest BCUT2D eigenvalue weighted by Crippen LogP contribution is 2.39. The molecule has 0 spiro atoms. The summed E-state index contributed by atoms with van der Waals surface area (Å²) < 4.78 is 1.19. The fourth-order valence-corrected chi connectivity index (χ4v) is 3.76.